The molecule has 0 aliphatic heterocycles. The maximum absolute atomic E-state index is 11.7. The van der Waals surface area contributed by atoms with E-state index in [1.165, 1.54) is 6.92 Å². The lowest BCUT2D eigenvalue weighted by Gasteiger charge is -2.08. The Morgan fingerprint density at radius 2 is 1.94 bits per heavy atom. The standard InChI is InChI=1S/C12H14ClNO3/c1-8(12(16)17)14-7-6-11(15)9-2-4-10(13)5-3-9/h2-5,8,14H,6-7H2,1H3,(H,16,17). The highest BCUT2D eigenvalue weighted by atomic mass is 35.5. The van der Waals surface area contributed by atoms with Crippen molar-refractivity contribution in [2.75, 3.05) is 6.54 Å². The predicted molar refractivity (Wildman–Crippen MR) is 65.5 cm³/mol. The molecule has 0 spiro atoms. The van der Waals surface area contributed by atoms with Crippen LogP contribution in [0.3, 0.4) is 0 Å². The molecule has 4 nitrogen and oxygen atoms in total. The Labute approximate surface area is 105 Å². The van der Waals surface area contributed by atoms with Crippen molar-refractivity contribution in [3.63, 3.8) is 0 Å². The highest BCUT2D eigenvalue weighted by Gasteiger charge is 2.11. The number of carbonyl (C=O) groups is 2. The minimum Gasteiger partial charge on any atom is -0.480 e. The average molecular weight is 256 g/mol. The lowest BCUT2D eigenvalue weighted by atomic mass is 10.1. The lowest BCUT2D eigenvalue weighted by molar-refractivity contribution is -0.138. The largest absolute Gasteiger partial charge is 0.480 e. The topological polar surface area (TPSA) is 66.4 Å². The van der Waals surface area contributed by atoms with Gasteiger partial charge in [-0.15, -0.1) is 0 Å². The summed E-state index contributed by atoms with van der Waals surface area (Å²) in [4.78, 5) is 22.2. The summed E-state index contributed by atoms with van der Waals surface area (Å²) >= 11 is 5.71. The van der Waals surface area contributed by atoms with E-state index < -0.39 is 12.0 Å². The molecular weight excluding hydrogens is 242 g/mol. The summed E-state index contributed by atoms with van der Waals surface area (Å²) < 4.78 is 0. The Kier molecular flexibility index (Phi) is 5.12. The molecule has 2 N–H and O–H groups in total. The van der Waals surface area contributed by atoms with E-state index in [4.69, 9.17) is 16.7 Å². The molecule has 1 atom stereocenters. The number of carboxylic acid groups (broad SMARTS) is 1. The van der Waals surface area contributed by atoms with Crippen molar-refractivity contribution in [1.29, 1.82) is 0 Å². The molecule has 5 heteroatoms. The van der Waals surface area contributed by atoms with Gasteiger partial charge in [-0.2, -0.15) is 0 Å². The minimum atomic E-state index is -0.927. The van der Waals surface area contributed by atoms with E-state index in [0.717, 1.165) is 0 Å². The maximum atomic E-state index is 11.7. The van der Waals surface area contributed by atoms with Gasteiger partial charge in [0.2, 0.25) is 0 Å². The van der Waals surface area contributed by atoms with Gasteiger partial charge in [0.05, 0.1) is 0 Å². The number of rotatable bonds is 6. The Balaban J connectivity index is 2.40. The second kappa shape index (κ2) is 6.37. The molecule has 0 saturated carbocycles. The smallest absolute Gasteiger partial charge is 0.320 e. The predicted octanol–water partition coefficient (Wildman–Crippen LogP) is 1.98. The molecule has 1 unspecified atom stereocenters. The monoisotopic (exact) mass is 255 g/mol. The van der Waals surface area contributed by atoms with Crippen molar-refractivity contribution in [2.24, 2.45) is 0 Å². The molecule has 0 aromatic heterocycles. The molecule has 1 rings (SSSR count). The summed E-state index contributed by atoms with van der Waals surface area (Å²) in [5.74, 6) is -0.962. The zero-order chi connectivity index (χ0) is 12.8. The molecular formula is C12H14ClNO3. The van der Waals surface area contributed by atoms with Crippen LogP contribution in [0.25, 0.3) is 0 Å². The second-order valence-corrected chi connectivity index (χ2v) is 4.13. The van der Waals surface area contributed by atoms with Crippen LogP contribution in [0.2, 0.25) is 5.02 Å². The van der Waals surface area contributed by atoms with Gasteiger partial charge >= 0.3 is 5.97 Å². The van der Waals surface area contributed by atoms with Gasteiger partial charge in [0, 0.05) is 23.6 Å². The molecule has 1 aromatic carbocycles. The van der Waals surface area contributed by atoms with Crippen LogP contribution >= 0.6 is 11.6 Å². The summed E-state index contributed by atoms with van der Waals surface area (Å²) in [6.45, 7) is 1.88. The van der Waals surface area contributed by atoms with Gasteiger partial charge in [-0.05, 0) is 31.2 Å². The van der Waals surface area contributed by atoms with Crippen molar-refractivity contribution in [1.82, 2.24) is 5.32 Å². The van der Waals surface area contributed by atoms with Gasteiger partial charge < -0.3 is 10.4 Å². The summed E-state index contributed by atoms with van der Waals surface area (Å²) in [6, 6.07) is 5.98. The molecule has 0 fully saturated rings. The first-order chi connectivity index (χ1) is 8.00. The van der Waals surface area contributed by atoms with Gasteiger partial charge in [0.1, 0.15) is 6.04 Å². The van der Waals surface area contributed by atoms with E-state index in [1.54, 1.807) is 24.3 Å². The third-order valence-electron chi connectivity index (χ3n) is 2.34. The van der Waals surface area contributed by atoms with Crippen molar-refractivity contribution in [2.45, 2.75) is 19.4 Å². The number of aliphatic carboxylic acids is 1. The van der Waals surface area contributed by atoms with Crippen molar-refractivity contribution >= 4 is 23.4 Å². The number of Topliss-reactive ketones (excluding diaryl/α,β-unsaturated/α-hetero) is 1. The van der Waals surface area contributed by atoms with Crippen molar-refractivity contribution < 1.29 is 14.7 Å². The Hall–Kier alpha value is -1.39. The normalized spacial score (nSPS) is 12.1. The van der Waals surface area contributed by atoms with Crippen LogP contribution < -0.4 is 5.32 Å². The lowest BCUT2D eigenvalue weighted by Crippen LogP contribution is -2.35. The van der Waals surface area contributed by atoms with E-state index in [9.17, 15) is 9.59 Å². The third kappa shape index (κ3) is 4.54. The fraction of sp³-hybridized carbons (Fsp3) is 0.333. The summed E-state index contributed by atoms with van der Waals surface area (Å²) in [5, 5.41) is 12.0. The van der Waals surface area contributed by atoms with Crippen LogP contribution in [0.15, 0.2) is 24.3 Å². The number of hydrogen-bond donors (Lipinski definition) is 2. The number of hydrogen-bond acceptors (Lipinski definition) is 3. The van der Waals surface area contributed by atoms with Gasteiger partial charge in [-0.3, -0.25) is 9.59 Å². The second-order valence-electron chi connectivity index (χ2n) is 3.69. The fourth-order valence-corrected chi connectivity index (χ4v) is 1.40. The zero-order valence-corrected chi connectivity index (χ0v) is 10.2. The van der Waals surface area contributed by atoms with Gasteiger partial charge in [0.15, 0.2) is 5.78 Å². The zero-order valence-electron chi connectivity index (χ0n) is 9.44. The fourth-order valence-electron chi connectivity index (χ4n) is 1.27. The van der Waals surface area contributed by atoms with Crippen LogP contribution in [0.4, 0.5) is 0 Å². The molecule has 0 aliphatic rings. The number of ketones is 1. The Bertz CT molecular complexity index is 403. The number of halogens is 1. The first-order valence-electron chi connectivity index (χ1n) is 5.25. The van der Waals surface area contributed by atoms with Crippen LogP contribution in [-0.2, 0) is 4.79 Å². The van der Waals surface area contributed by atoms with Crippen LogP contribution in [-0.4, -0.2) is 29.4 Å². The van der Waals surface area contributed by atoms with Crippen LogP contribution in [0, 0.1) is 0 Å². The summed E-state index contributed by atoms with van der Waals surface area (Å²) in [5.41, 5.74) is 0.583. The van der Waals surface area contributed by atoms with Crippen LogP contribution in [0.1, 0.15) is 23.7 Å². The first-order valence-corrected chi connectivity index (χ1v) is 5.63. The highest BCUT2D eigenvalue weighted by Crippen LogP contribution is 2.10. The van der Waals surface area contributed by atoms with E-state index >= 15 is 0 Å². The molecule has 1 aromatic rings. The van der Waals surface area contributed by atoms with Crippen LogP contribution in [0.5, 0.6) is 0 Å². The van der Waals surface area contributed by atoms with E-state index in [-0.39, 0.29) is 12.2 Å². The van der Waals surface area contributed by atoms with Gasteiger partial charge in [-0.25, -0.2) is 0 Å². The average Bonchev–Trinajstić information content (AvgIpc) is 2.29. The summed E-state index contributed by atoms with van der Waals surface area (Å²) in [7, 11) is 0. The Morgan fingerprint density at radius 3 is 2.47 bits per heavy atom. The summed E-state index contributed by atoms with van der Waals surface area (Å²) in [6.07, 6.45) is 0.263. The molecule has 0 saturated heterocycles. The molecule has 92 valence electrons. The molecule has 17 heavy (non-hydrogen) atoms. The SMILES string of the molecule is CC(NCCC(=O)c1ccc(Cl)cc1)C(=O)O. The number of benzene rings is 1. The van der Waals surface area contributed by atoms with Crippen molar-refractivity contribution in [3.8, 4) is 0 Å². The highest BCUT2D eigenvalue weighted by molar-refractivity contribution is 6.30. The van der Waals surface area contributed by atoms with E-state index in [1.807, 2.05) is 0 Å². The number of carbonyl (C=O) groups excluding carboxylic acids is 1. The van der Waals surface area contributed by atoms with Gasteiger partial charge in [0.25, 0.3) is 0 Å². The quantitative estimate of drug-likeness (QED) is 0.763. The molecule has 0 aliphatic carbocycles. The number of carboxylic acids is 1. The number of nitrogens with one attached hydrogen (secondary N) is 1. The molecule has 0 radical (unpaired) electrons. The third-order valence-corrected chi connectivity index (χ3v) is 2.59. The van der Waals surface area contributed by atoms with Gasteiger partial charge in [-0.1, -0.05) is 11.6 Å². The molecule has 0 amide bonds. The molecule has 0 bridgehead atoms. The van der Waals surface area contributed by atoms with E-state index in [2.05, 4.69) is 5.32 Å². The van der Waals surface area contributed by atoms with Crippen molar-refractivity contribution in [3.05, 3.63) is 34.9 Å². The van der Waals surface area contributed by atoms with E-state index in [0.29, 0.717) is 17.1 Å². The first kappa shape index (κ1) is 13.7. The Morgan fingerprint density at radius 1 is 1.35 bits per heavy atom. The molecule has 0 heterocycles. The minimum absolute atomic E-state index is 0.0354. The maximum Gasteiger partial charge on any atom is 0.320 e.